The molecule has 0 bridgehead atoms. The molecule has 0 aromatic heterocycles. The Labute approximate surface area is 133 Å². The van der Waals surface area contributed by atoms with E-state index in [0.29, 0.717) is 5.92 Å². The molecule has 0 saturated heterocycles. The van der Waals surface area contributed by atoms with Crippen LogP contribution in [0.5, 0.6) is 0 Å². The molecule has 0 aromatic carbocycles. The van der Waals surface area contributed by atoms with Crippen LogP contribution in [0.3, 0.4) is 0 Å². The zero-order valence-corrected chi connectivity index (χ0v) is 13.3. The average Bonchev–Trinajstić information content (AvgIpc) is 2.57. The Kier molecular flexibility index (Phi) is 8.24. The predicted molar refractivity (Wildman–Crippen MR) is 68.4 cm³/mol. The van der Waals surface area contributed by atoms with Gasteiger partial charge in [0, 0.05) is 0 Å². The zero-order valence-electron chi connectivity index (χ0n) is 11.4. The fourth-order valence-electron chi connectivity index (χ4n) is 1.43. The van der Waals surface area contributed by atoms with Gasteiger partial charge in [-0.1, -0.05) is 0 Å². The molecule has 0 saturated carbocycles. The van der Waals surface area contributed by atoms with E-state index in [1.165, 1.54) is 18.5 Å². The van der Waals surface area contributed by atoms with Crippen LogP contribution in [0.15, 0.2) is 18.5 Å². The van der Waals surface area contributed by atoms with Crippen molar-refractivity contribution in [3.05, 3.63) is 18.5 Å². The number of allylic oxidation sites excluding steroid dienone is 4. The third-order valence-corrected chi connectivity index (χ3v) is 4.91. The van der Waals surface area contributed by atoms with Gasteiger partial charge in [-0.15, -0.1) is 0 Å². The van der Waals surface area contributed by atoms with Crippen molar-refractivity contribution in [1.82, 2.24) is 0 Å². The molecule has 111 valence electrons. The van der Waals surface area contributed by atoms with Crippen molar-refractivity contribution >= 4 is 0 Å². The van der Waals surface area contributed by atoms with E-state index < -0.39 is 25.4 Å². The van der Waals surface area contributed by atoms with Crippen LogP contribution in [-0.2, 0) is 0 Å². The maximum absolute atomic E-state index is 8.34. The van der Waals surface area contributed by atoms with Gasteiger partial charge in [-0.25, -0.2) is 0 Å². The molecule has 0 spiro atoms. The van der Waals surface area contributed by atoms with Crippen molar-refractivity contribution in [2.45, 2.75) is 33.2 Å². The molecule has 18 heavy (non-hydrogen) atoms. The van der Waals surface area contributed by atoms with E-state index in [4.69, 9.17) is 21.1 Å². The summed E-state index contributed by atoms with van der Waals surface area (Å²) in [6.45, 7) is 7.68. The first-order valence-electron chi connectivity index (χ1n) is 5.85. The molecule has 1 atom stereocenters. The first kappa shape index (κ1) is 18.6. The molecule has 0 aromatic rings. The summed E-state index contributed by atoms with van der Waals surface area (Å²) in [5.41, 5.74) is 8.42. The van der Waals surface area contributed by atoms with Gasteiger partial charge < -0.3 is 21.1 Å². The first-order chi connectivity index (χ1) is 8.24. The van der Waals surface area contributed by atoms with Gasteiger partial charge in [-0.05, 0) is 0 Å². The molecule has 0 radical (unpaired) electrons. The quantitative estimate of drug-likeness (QED) is 0.545. The van der Waals surface area contributed by atoms with E-state index in [0.717, 1.165) is 0 Å². The Morgan fingerprint density at radius 2 is 1.44 bits per heavy atom. The zero-order chi connectivity index (χ0) is 14.5. The van der Waals surface area contributed by atoms with Crippen molar-refractivity contribution < 1.29 is 50.7 Å². The second-order valence-electron chi connectivity index (χ2n) is 4.79. The van der Waals surface area contributed by atoms with Gasteiger partial charge in [-0.3, -0.25) is 0 Å². The van der Waals surface area contributed by atoms with Crippen LogP contribution in [-0.4, -0.2) is 40.7 Å². The second-order valence-corrected chi connectivity index (χ2v) is 5.79. The van der Waals surface area contributed by atoms with Crippen LogP contribution < -0.4 is 5.73 Å². The van der Waals surface area contributed by atoms with Crippen molar-refractivity contribution in [3.8, 4) is 0 Å². The van der Waals surface area contributed by atoms with Gasteiger partial charge >= 0.3 is 87.4 Å². The van der Waals surface area contributed by atoms with Crippen molar-refractivity contribution in [2.24, 2.45) is 11.7 Å². The minimum absolute atomic E-state index is 0.403. The Morgan fingerprint density at radius 1 is 1.06 bits per heavy atom. The minimum Gasteiger partial charge on any atom is -0.394 e. The van der Waals surface area contributed by atoms with Crippen LogP contribution in [0, 0.1) is 41.3 Å². The second kappa shape index (κ2) is 7.99. The predicted octanol–water partition coefficient (Wildman–Crippen LogP) is 0.457. The minimum atomic E-state index is -1.21. The average molecular weight is 410 g/mol. The smallest absolute Gasteiger partial charge is 0.0856 e. The number of hydrogen-bond acceptors (Lipinski definition) is 4. The molecular formula is C13H24ErNO3. The number of hydrogen-bond donors (Lipinski definition) is 4. The molecule has 1 rings (SSSR count). The molecule has 5 heteroatoms. The molecule has 0 fully saturated rings. The summed E-state index contributed by atoms with van der Waals surface area (Å²) < 4.78 is 1.47. The number of nitrogens with two attached hydrogens (primary N) is 1. The molecule has 4 nitrogen and oxygen atoms in total. The van der Waals surface area contributed by atoms with Gasteiger partial charge in [0.15, 0.2) is 0 Å². The van der Waals surface area contributed by atoms with Gasteiger partial charge in [0.25, 0.3) is 0 Å². The van der Waals surface area contributed by atoms with Crippen LogP contribution in [0.2, 0.25) is 0 Å². The maximum atomic E-state index is 8.34. The van der Waals surface area contributed by atoms with Crippen LogP contribution in [0.4, 0.5) is 0 Å². The normalized spacial score (nSPS) is 20.2. The molecule has 1 unspecified atom stereocenters. The third-order valence-electron chi connectivity index (χ3n) is 3.41. The summed E-state index contributed by atoms with van der Waals surface area (Å²) in [6, 6.07) is 0. The SMILES string of the molecule is CC1=C(C)C(C)[C]([Er])=C1C.NC(CO)(CO)CO. The number of aliphatic hydroxyl groups is 3. The van der Waals surface area contributed by atoms with Crippen molar-refractivity contribution in [3.63, 3.8) is 0 Å². The van der Waals surface area contributed by atoms with Crippen LogP contribution in [0.1, 0.15) is 27.7 Å². The van der Waals surface area contributed by atoms with E-state index >= 15 is 0 Å². The maximum Gasteiger partial charge on any atom is 0.0856 e. The third kappa shape index (κ3) is 4.59. The Hall–Kier alpha value is 0.567. The molecule has 0 aliphatic heterocycles. The Bertz CT molecular complexity index is 314. The largest absolute Gasteiger partial charge is 0.394 e. The first-order valence-corrected chi connectivity index (χ1v) is 6.77. The molecule has 5 N–H and O–H groups in total. The van der Waals surface area contributed by atoms with Gasteiger partial charge in [-0.2, -0.15) is 0 Å². The summed E-state index contributed by atoms with van der Waals surface area (Å²) in [5, 5.41) is 25.0. The van der Waals surface area contributed by atoms with E-state index in [2.05, 4.69) is 63.1 Å². The number of aliphatic hydroxyl groups excluding tert-OH is 3. The Balaban J connectivity index is 0.000000331. The summed E-state index contributed by atoms with van der Waals surface area (Å²) in [5.74, 6) is 0.657. The fourth-order valence-corrected chi connectivity index (χ4v) is 2.18. The molecule has 1 aliphatic carbocycles. The van der Waals surface area contributed by atoms with E-state index in [1.807, 2.05) is 0 Å². The monoisotopic (exact) mass is 408 g/mol. The standard InChI is InChI=1S/C9H13.C4H11NO3.Er/c1-6-5-7(2)9(4)8(6)3;5-4(1-6,2-7)3-8;/h6H,1-4H3;6-8H,1-3,5H2;. The molecule has 0 heterocycles. The van der Waals surface area contributed by atoms with Gasteiger partial charge in [0.05, 0.1) is 25.4 Å². The Morgan fingerprint density at radius 3 is 1.50 bits per heavy atom. The van der Waals surface area contributed by atoms with Crippen molar-refractivity contribution in [1.29, 1.82) is 0 Å². The van der Waals surface area contributed by atoms with Crippen LogP contribution >= 0.6 is 0 Å². The molecule has 0 amide bonds. The summed E-state index contributed by atoms with van der Waals surface area (Å²) in [4.78, 5) is 0. The van der Waals surface area contributed by atoms with Crippen molar-refractivity contribution in [2.75, 3.05) is 19.8 Å². The van der Waals surface area contributed by atoms with Gasteiger partial charge in [0.1, 0.15) is 0 Å². The van der Waals surface area contributed by atoms with Crippen LogP contribution in [0.25, 0.3) is 0 Å². The summed E-state index contributed by atoms with van der Waals surface area (Å²) in [7, 11) is 0. The van der Waals surface area contributed by atoms with E-state index in [9.17, 15) is 0 Å². The summed E-state index contributed by atoms with van der Waals surface area (Å²) in [6.07, 6.45) is 0. The topological polar surface area (TPSA) is 86.7 Å². The fraction of sp³-hybridized carbons (Fsp3) is 0.692. The summed E-state index contributed by atoms with van der Waals surface area (Å²) >= 11 is 2.84. The molecule has 1 aliphatic rings. The number of rotatable bonds is 3. The van der Waals surface area contributed by atoms with E-state index in [1.54, 1.807) is 0 Å². The van der Waals surface area contributed by atoms with Gasteiger partial charge in [0.2, 0.25) is 0 Å². The van der Waals surface area contributed by atoms with E-state index in [-0.39, 0.29) is 0 Å². The molecular weight excluding hydrogens is 385 g/mol.